The van der Waals surface area contributed by atoms with Crippen molar-refractivity contribution in [2.75, 3.05) is 6.54 Å². The van der Waals surface area contributed by atoms with Crippen molar-refractivity contribution in [1.82, 2.24) is 5.32 Å². The molecular formula is C11H22N2. The summed E-state index contributed by atoms with van der Waals surface area (Å²) in [5.41, 5.74) is 0. The van der Waals surface area contributed by atoms with Crippen molar-refractivity contribution in [3.05, 3.63) is 0 Å². The minimum Gasteiger partial charge on any atom is -0.369 e. The summed E-state index contributed by atoms with van der Waals surface area (Å²) in [5, 5.41) is 3.51. The first-order valence-electron chi connectivity index (χ1n) is 5.66. The number of rotatable bonds is 6. The summed E-state index contributed by atoms with van der Waals surface area (Å²) in [7, 11) is 0. The predicted molar refractivity (Wildman–Crippen MR) is 58.3 cm³/mol. The van der Waals surface area contributed by atoms with Crippen LogP contribution in [0.5, 0.6) is 0 Å². The van der Waals surface area contributed by atoms with Gasteiger partial charge in [0, 0.05) is 12.5 Å². The van der Waals surface area contributed by atoms with E-state index >= 15 is 0 Å². The first-order chi connectivity index (χ1) is 6.36. The molecule has 1 unspecified atom stereocenters. The van der Waals surface area contributed by atoms with Gasteiger partial charge in [-0.2, -0.15) is 0 Å². The number of amidine groups is 1. The highest BCUT2D eigenvalue weighted by molar-refractivity contribution is 5.83. The molecule has 0 aliphatic carbocycles. The average molecular weight is 182 g/mol. The fourth-order valence-electron chi connectivity index (χ4n) is 1.66. The van der Waals surface area contributed by atoms with E-state index in [1.807, 2.05) is 0 Å². The summed E-state index contributed by atoms with van der Waals surface area (Å²) in [6.45, 7) is 5.48. The third-order valence-corrected chi connectivity index (χ3v) is 2.55. The maximum absolute atomic E-state index is 4.51. The van der Waals surface area contributed by atoms with Gasteiger partial charge in [0.05, 0.1) is 12.4 Å². The van der Waals surface area contributed by atoms with Crippen LogP contribution in [-0.4, -0.2) is 18.4 Å². The topological polar surface area (TPSA) is 24.4 Å². The Bertz CT molecular complexity index is 163. The number of nitrogens with one attached hydrogen (secondary N) is 1. The molecule has 1 rings (SSSR count). The zero-order valence-electron chi connectivity index (χ0n) is 8.97. The van der Waals surface area contributed by atoms with Crippen LogP contribution in [0.3, 0.4) is 0 Å². The van der Waals surface area contributed by atoms with Crippen LogP contribution in [0, 0.1) is 0 Å². The van der Waals surface area contributed by atoms with E-state index in [2.05, 4.69) is 24.2 Å². The molecule has 0 saturated carbocycles. The number of unbranched alkanes of at least 4 members (excludes halogenated alkanes) is 2. The highest BCUT2D eigenvalue weighted by Crippen LogP contribution is 2.08. The molecule has 1 atom stereocenters. The molecule has 0 radical (unpaired) electrons. The molecule has 2 heteroatoms. The van der Waals surface area contributed by atoms with Crippen LogP contribution < -0.4 is 5.32 Å². The van der Waals surface area contributed by atoms with Gasteiger partial charge in [0.15, 0.2) is 0 Å². The molecule has 1 heterocycles. The second kappa shape index (κ2) is 6.01. The Morgan fingerprint density at radius 3 is 2.77 bits per heavy atom. The van der Waals surface area contributed by atoms with Gasteiger partial charge in [0.2, 0.25) is 0 Å². The zero-order valence-corrected chi connectivity index (χ0v) is 8.97. The van der Waals surface area contributed by atoms with Crippen molar-refractivity contribution in [1.29, 1.82) is 0 Å². The van der Waals surface area contributed by atoms with Crippen molar-refractivity contribution >= 4 is 5.84 Å². The molecular weight excluding hydrogens is 160 g/mol. The molecule has 0 spiro atoms. The van der Waals surface area contributed by atoms with Gasteiger partial charge in [-0.15, -0.1) is 0 Å². The normalized spacial score (nSPS) is 21.4. The molecule has 0 fully saturated rings. The Labute approximate surface area is 81.8 Å². The third kappa shape index (κ3) is 3.79. The molecule has 0 bridgehead atoms. The van der Waals surface area contributed by atoms with Crippen LogP contribution in [0.25, 0.3) is 0 Å². The number of nitrogens with zero attached hydrogens (tertiary/aromatic N) is 1. The van der Waals surface area contributed by atoms with Gasteiger partial charge in [-0.3, -0.25) is 4.99 Å². The SMILES string of the molecule is CCCCC1=NCC(CCCC)N1. The summed E-state index contributed by atoms with van der Waals surface area (Å²) in [5.74, 6) is 1.25. The van der Waals surface area contributed by atoms with Gasteiger partial charge < -0.3 is 5.32 Å². The van der Waals surface area contributed by atoms with E-state index in [1.165, 1.54) is 37.9 Å². The lowest BCUT2D eigenvalue weighted by Crippen LogP contribution is -2.29. The summed E-state index contributed by atoms with van der Waals surface area (Å²) in [4.78, 5) is 4.51. The largest absolute Gasteiger partial charge is 0.369 e. The first kappa shape index (κ1) is 10.6. The third-order valence-electron chi connectivity index (χ3n) is 2.55. The maximum atomic E-state index is 4.51. The predicted octanol–water partition coefficient (Wildman–Crippen LogP) is 2.74. The monoisotopic (exact) mass is 182 g/mol. The molecule has 0 aromatic carbocycles. The zero-order chi connectivity index (χ0) is 9.52. The number of hydrogen-bond acceptors (Lipinski definition) is 2. The van der Waals surface area contributed by atoms with Crippen LogP contribution in [0.15, 0.2) is 4.99 Å². The van der Waals surface area contributed by atoms with Crippen LogP contribution >= 0.6 is 0 Å². The van der Waals surface area contributed by atoms with E-state index in [4.69, 9.17) is 0 Å². The maximum Gasteiger partial charge on any atom is 0.0966 e. The lowest BCUT2D eigenvalue weighted by molar-refractivity contribution is 0.564. The van der Waals surface area contributed by atoms with E-state index in [0.29, 0.717) is 6.04 Å². The fourth-order valence-corrected chi connectivity index (χ4v) is 1.66. The van der Waals surface area contributed by atoms with Crippen molar-refractivity contribution in [2.24, 2.45) is 4.99 Å². The number of aliphatic imine (C=N–C) groups is 1. The molecule has 0 saturated heterocycles. The van der Waals surface area contributed by atoms with Crippen LogP contribution in [0.4, 0.5) is 0 Å². The minimum atomic E-state index is 0.645. The highest BCUT2D eigenvalue weighted by atomic mass is 15.1. The van der Waals surface area contributed by atoms with Crippen molar-refractivity contribution in [3.63, 3.8) is 0 Å². The molecule has 1 aliphatic heterocycles. The fraction of sp³-hybridized carbons (Fsp3) is 0.909. The Morgan fingerprint density at radius 2 is 2.08 bits per heavy atom. The standard InChI is InChI=1S/C11H22N2/c1-3-5-7-10-9-12-11(13-10)8-6-4-2/h10H,3-9H2,1-2H3,(H,12,13). The molecule has 2 nitrogen and oxygen atoms in total. The summed E-state index contributed by atoms with van der Waals surface area (Å²) in [6, 6.07) is 0.645. The molecule has 1 aliphatic rings. The van der Waals surface area contributed by atoms with E-state index in [9.17, 15) is 0 Å². The van der Waals surface area contributed by atoms with Gasteiger partial charge >= 0.3 is 0 Å². The van der Waals surface area contributed by atoms with E-state index in [0.717, 1.165) is 13.0 Å². The molecule has 13 heavy (non-hydrogen) atoms. The molecule has 0 aromatic heterocycles. The summed E-state index contributed by atoms with van der Waals surface area (Å²) >= 11 is 0. The van der Waals surface area contributed by atoms with E-state index in [1.54, 1.807) is 0 Å². The second-order valence-electron chi connectivity index (χ2n) is 3.87. The van der Waals surface area contributed by atoms with Gasteiger partial charge in [0.25, 0.3) is 0 Å². The lowest BCUT2D eigenvalue weighted by atomic mass is 10.1. The van der Waals surface area contributed by atoms with E-state index in [-0.39, 0.29) is 0 Å². The Hall–Kier alpha value is -0.530. The van der Waals surface area contributed by atoms with Crippen molar-refractivity contribution in [3.8, 4) is 0 Å². The van der Waals surface area contributed by atoms with Gasteiger partial charge in [-0.25, -0.2) is 0 Å². The minimum absolute atomic E-state index is 0.645. The molecule has 0 amide bonds. The quantitative estimate of drug-likeness (QED) is 0.671. The Kier molecular flexibility index (Phi) is 4.87. The summed E-state index contributed by atoms with van der Waals surface area (Å²) in [6.07, 6.45) is 7.60. The second-order valence-corrected chi connectivity index (χ2v) is 3.87. The summed E-state index contributed by atoms with van der Waals surface area (Å²) < 4.78 is 0. The van der Waals surface area contributed by atoms with Crippen LogP contribution in [0.1, 0.15) is 52.4 Å². The van der Waals surface area contributed by atoms with Gasteiger partial charge in [-0.1, -0.05) is 33.1 Å². The van der Waals surface area contributed by atoms with Gasteiger partial charge in [-0.05, 0) is 12.8 Å². The lowest BCUT2D eigenvalue weighted by Gasteiger charge is -2.10. The highest BCUT2D eigenvalue weighted by Gasteiger charge is 2.15. The van der Waals surface area contributed by atoms with Gasteiger partial charge in [0.1, 0.15) is 0 Å². The van der Waals surface area contributed by atoms with E-state index < -0.39 is 0 Å². The van der Waals surface area contributed by atoms with Crippen molar-refractivity contribution < 1.29 is 0 Å². The van der Waals surface area contributed by atoms with Crippen molar-refractivity contribution in [2.45, 2.75) is 58.4 Å². The number of hydrogen-bond donors (Lipinski definition) is 1. The Morgan fingerprint density at radius 1 is 1.31 bits per heavy atom. The average Bonchev–Trinajstić information content (AvgIpc) is 2.59. The molecule has 1 N–H and O–H groups in total. The molecule has 76 valence electrons. The smallest absolute Gasteiger partial charge is 0.0966 e. The van der Waals surface area contributed by atoms with Crippen LogP contribution in [0.2, 0.25) is 0 Å². The first-order valence-corrected chi connectivity index (χ1v) is 5.66. The Balaban J connectivity index is 2.10. The van der Waals surface area contributed by atoms with Crippen LogP contribution in [-0.2, 0) is 0 Å². The molecule has 0 aromatic rings.